The second-order valence-electron chi connectivity index (χ2n) is 5.14. The number of likely N-dealkylation sites (tertiary alicyclic amines) is 1. The van der Waals surface area contributed by atoms with Crippen LogP contribution in [0.3, 0.4) is 0 Å². The van der Waals surface area contributed by atoms with Crippen molar-refractivity contribution in [3.63, 3.8) is 0 Å². The van der Waals surface area contributed by atoms with Gasteiger partial charge in [0.1, 0.15) is 5.54 Å². The van der Waals surface area contributed by atoms with Crippen LogP contribution in [0.25, 0.3) is 0 Å². The Morgan fingerprint density at radius 2 is 2.05 bits per heavy atom. The lowest BCUT2D eigenvalue weighted by Crippen LogP contribution is -2.55. The average Bonchev–Trinajstić information content (AvgIpc) is 2.74. The van der Waals surface area contributed by atoms with Gasteiger partial charge in [-0.05, 0) is 18.9 Å². The number of rotatable bonds is 1. The third-order valence-corrected chi connectivity index (χ3v) is 4.22. The maximum atomic E-state index is 12.4. The normalized spacial score (nSPS) is 20.3. The summed E-state index contributed by atoms with van der Waals surface area (Å²) < 4.78 is 0. The summed E-state index contributed by atoms with van der Waals surface area (Å²) in [4.78, 5) is 41.0. The third kappa shape index (κ3) is 2.33. The number of piperidine rings is 1. The molecule has 0 aromatic carbocycles. The lowest BCUT2D eigenvalue weighted by molar-refractivity contribution is -0.125. The van der Waals surface area contributed by atoms with Gasteiger partial charge in [-0.1, -0.05) is 11.6 Å². The van der Waals surface area contributed by atoms with E-state index in [1.165, 1.54) is 12.4 Å². The second-order valence-corrected chi connectivity index (χ2v) is 5.55. The Hall–Kier alpha value is -2.15. The van der Waals surface area contributed by atoms with E-state index in [0.29, 0.717) is 36.5 Å². The summed E-state index contributed by atoms with van der Waals surface area (Å²) in [6.07, 6.45) is 3.71. The minimum absolute atomic E-state index is 0.193. The lowest BCUT2D eigenvalue weighted by Gasteiger charge is -2.37. The van der Waals surface area contributed by atoms with Crippen molar-refractivity contribution >= 4 is 29.4 Å². The van der Waals surface area contributed by atoms with E-state index < -0.39 is 11.6 Å². The van der Waals surface area contributed by atoms with E-state index in [1.54, 1.807) is 11.0 Å². The zero-order valence-electron chi connectivity index (χ0n) is 11.1. The molecule has 2 N–H and O–H groups in total. The highest BCUT2D eigenvalue weighted by molar-refractivity contribution is 6.33. The molecule has 4 amide bonds. The topological polar surface area (TPSA) is 91.4 Å². The lowest BCUT2D eigenvalue weighted by atomic mass is 9.87. The molecule has 0 unspecified atom stereocenters. The average molecular weight is 309 g/mol. The van der Waals surface area contributed by atoms with Crippen LogP contribution in [0.15, 0.2) is 18.5 Å². The Balaban J connectivity index is 1.72. The van der Waals surface area contributed by atoms with Crippen molar-refractivity contribution in [2.75, 3.05) is 13.1 Å². The van der Waals surface area contributed by atoms with Crippen LogP contribution in [0.2, 0.25) is 5.02 Å². The number of aromatic nitrogens is 1. The van der Waals surface area contributed by atoms with Crippen LogP contribution in [0.1, 0.15) is 23.2 Å². The van der Waals surface area contributed by atoms with Gasteiger partial charge in [0, 0.05) is 25.5 Å². The minimum Gasteiger partial charge on any atom is -0.338 e. The van der Waals surface area contributed by atoms with Gasteiger partial charge in [-0.3, -0.25) is 19.9 Å². The number of imide groups is 1. The van der Waals surface area contributed by atoms with E-state index in [0.717, 1.165) is 0 Å². The molecule has 8 heteroatoms. The van der Waals surface area contributed by atoms with Crippen LogP contribution in [0.5, 0.6) is 0 Å². The zero-order valence-corrected chi connectivity index (χ0v) is 11.8. The number of nitrogens with zero attached hydrogens (tertiary/aromatic N) is 2. The molecule has 2 fully saturated rings. The van der Waals surface area contributed by atoms with Gasteiger partial charge in [0.05, 0.1) is 10.6 Å². The first kappa shape index (κ1) is 13.8. The molecule has 0 atom stereocenters. The van der Waals surface area contributed by atoms with Crippen molar-refractivity contribution in [1.29, 1.82) is 0 Å². The van der Waals surface area contributed by atoms with Gasteiger partial charge >= 0.3 is 6.03 Å². The maximum absolute atomic E-state index is 12.4. The molecule has 1 aromatic heterocycles. The number of halogens is 1. The molecule has 2 aliphatic rings. The zero-order chi connectivity index (χ0) is 15.0. The number of pyridine rings is 1. The molecule has 2 saturated heterocycles. The summed E-state index contributed by atoms with van der Waals surface area (Å²) >= 11 is 5.97. The largest absolute Gasteiger partial charge is 0.338 e. The third-order valence-electron chi connectivity index (χ3n) is 3.92. The van der Waals surface area contributed by atoms with Gasteiger partial charge in [0.2, 0.25) is 0 Å². The summed E-state index contributed by atoms with van der Waals surface area (Å²) in [5.41, 5.74) is -0.488. The highest BCUT2D eigenvalue weighted by atomic mass is 35.5. The van der Waals surface area contributed by atoms with Crippen molar-refractivity contribution in [3.8, 4) is 0 Å². The van der Waals surface area contributed by atoms with E-state index in [9.17, 15) is 14.4 Å². The van der Waals surface area contributed by atoms with Crippen molar-refractivity contribution in [2.45, 2.75) is 18.4 Å². The van der Waals surface area contributed by atoms with Crippen molar-refractivity contribution in [2.24, 2.45) is 0 Å². The number of amides is 4. The standard InChI is InChI=1S/C13H13ClN4O3/c14-9-7-15-4-1-8(9)10(19)18-5-2-13(3-6-18)11(20)16-12(21)17-13/h1,4,7H,2-3,5-6H2,(H2,16,17,20,21). The molecule has 0 radical (unpaired) electrons. The molecule has 110 valence electrons. The van der Waals surface area contributed by atoms with E-state index in [2.05, 4.69) is 15.6 Å². The summed E-state index contributed by atoms with van der Waals surface area (Å²) in [5.74, 6) is -0.511. The first-order valence-electron chi connectivity index (χ1n) is 6.54. The Morgan fingerprint density at radius 3 is 2.62 bits per heavy atom. The Labute approximate surface area is 125 Å². The first-order valence-corrected chi connectivity index (χ1v) is 6.92. The van der Waals surface area contributed by atoms with Gasteiger partial charge in [-0.25, -0.2) is 4.79 Å². The number of carbonyl (C=O) groups excluding carboxylic acids is 3. The van der Waals surface area contributed by atoms with Crippen LogP contribution >= 0.6 is 11.6 Å². The van der Waals surface area contributed by atoms with Gasteiger partial charge in [-0.15, -0.1) is 0 Å². The predicted octanol–water partition coefficient (Wildman–Crippen LogP) is 0.549. The molecule has 7 nitrogen and oxygen atoms in total. The van der Waals surface area contributed by atoms with Gasteiger partial charge in [0.25, 0.3) is 11.8 Å². The Bertz CT molecular complexity index is 626. The minimum atomic E-state index is -0.879. The summed E-state index contributed by atoms with van der Waals surface area (Å²) in [5, 5.41) is 5.20. The van der Waals surface area contributed by atoms with Crippen LogP contribution in [0.4, 0.5) is 4.79 Å². The quantitative estimate of drug-likeness (QED) is 0.741. The maximum Gasteiger partial charge on any atom is 0.322 e. The molecule has 1 aromatic rings. The molecular formula is C13H13ClN4O3. The van der Waals surface area contributed by atoms with Crippen molar-refractivity contribution in [1.82, 2.24) is 20.5 Å². The summed E-state index contributed by atoms with van der Waals surface area (Å²) in [7, 11) is 0. The van der Waals surface area contributed by atoms with Crippen LogP contribution in [-0.2, 0) is 4.79 Å². The molecule has 0 aliphatic carbocycles. The van der Waals surface area contributed by atoms with E-state index >= 15 is 0 Å². The van der Waals surface area contributed by atoms with E-state index in [1.807, 2.05) is 0 Å². The molecule has 21 heavy (non-hydrogen) atoms. The molecule has 3 heterocycles. The molecule has 0 bridgehead atoms. The Kier molecular flexibility index (Phi) is 3.29. The molecule has 0 saturated carbocycles. The van der Waals surface area contributed by atoms with Gasteiger partial charge < -0.3 is 10.2 Å². The summed E-state index contributed by atoms with van der Waals surface area (Å²) in [6.45, 7) is 0.760. The fourth-order valence-electron chi connectivity index (χ4n) is 2.69. The highest BCUT2D eigenvalue weighted by Gasteiger charge is 2.48. The number of urea groups is 1. The van der Waals surface area contributed by atoms with Crippen molar-refractivity contribution in [3.05, 3.63) is 29.0 Å². The second kappa shape index (κ2) is 5.00. The molecule has 2 aliphatic heterocycles. The van der Waals surface area contributed by atoms with E-state index in [-0.39, 0.29) is 11.8 Å². The Morgan fingerprint density at radius 1 is 1.33 bits per heavy atom. The fraction of sp³-hybridized carbons (Fsp3) is 0.385. The number of hydrogen-bond donors (Lipinski definition) is 2. The first-order chi connectivity index (χ1) is 10.0. The number of nitrogens with one attached hydrogen (secondary N) is 2. The fourth-order valence-corrected chi connectivity index (χ4v) is 2.89. The molecule has 1 spiro atoms. The number of carbonyl (C=O) groups is 3. The monoisotopic (exact) mass is 308 g/mol. The molecular weight excluding hydrogens is 296 g/mol. The van der Waals surface area contributed by atoms with Gasteiger partial charge in [0.15, 0.2) is 0 Å². The predicted molar refractivity (Wildman–Crippen MR) is 73.8 cm³/mol. The summed E-state index contributed by atoms with van der Waals surface area (Å²) in [6, 6.07) is 1.09. The SMILES string of the molecule is O=C1NC(=O)C2(CCN(C(=O)c3ccncc3Cl)CC2)N1. The van der Waals surface area contributed by atoms with Crippen LogP contribution in [-0.4, -0.2) is 46.4 Å². The van der Waals surface area contributed by atoms with Crippen molar-refractivity contribution < 1.29 is 14.4 Å². The van der Waals surface area contributed by atoms with Crippen LogP contribution < -0.4 is 10.6 Å². The molecule has 3 rings (SSSR count). The smallest absolute Gasteiger partial charge is 0.322 e. The van der Waals surface area contributed by atoms with Crippen LogP contribution in [0, 0.1) is 0 Å². The van der Waals surface area contributed by atoms with Gasteiger partial charge in [-0.2, -0.15) is 0 Å². The van der Waals surface area contributed by atoms with E-state index in [4.69, 9.17) is 11.6 Å². The number of hydrogen-bond acceptors (Lipinski definition) is 4. The highest BCUT2D eigenvalue weighted by Crippen LogP contribution is 2.27.